The molecule has 310 valence electrons. The number of hydrogen-bond donors (Lipinski definition) is 4. The van der Waals surface area contributed by atoms with Crippen LogP contribution in [0, 0.1) is 23.7 Å². The van der Waals surface area contributed by atoms with Crippen molar-refractivity contribution in [2.75, 3.05) is 20.4 Å². The molecule has 0 amide bonds. The smallest absolute Gasteiger partial charge is 0.311 e. The zero-order valence-corrected chi connectivity index (χ0v) is 34.6. The minimum Gasteiger partial charge on any atom is -0.459 e. The van der Waals surface area contributed by atoms with E-state index in [9.17, 15) is 33.6 Å². The van der Waals surface area contributed by atoms with E-state index < -0.39 is 124 Å². The maximum absolute atomic E-state index is 14.3. The van der Waals surface area contributed by atoms with Crippen molar-refractivity contribution < 1.29 is 66.8 Å². The zero-order chi connectivity index (χ0) is 40.2. The summed E-state index contributed by atoms with van der Waals surface area (Å²) < 4.78 is 71.1. The minimum absolute atomic E-state index is 0.122. The van der Waals surface area contributed by atoms with Crippen LogP contribution in [-0.4, -0.2) is 150 Å². The number of fused-ring (bicyclic) bond motifs is 2. The molecule has 4 aliphatic heterocycles. The van der Waals surface area contributed by atoms with Gasteiger partial charge < -0.3 is 53.6 Å². The summed E-state index contributed by atoms with van der Waals surface area (Å²) in [5.74, 6) is -3.12. The number of sulfonamides is 1. The molecule has 0 radical (unpaired) electrons. The Balaban J connectivity index is 1.84. The third-order valence-electron chi connectivity index (χ3n) is 12.7. The Hall–Kier alpha value is -1.02. The van der Waals surface area contributed by atoms with E-state index >= 15 is 0 Å². The topological polar surface area (TPSA) is 200 Å². The van der Waals surface area contributed by atoms with Gasteiger partial charge in [-0.25, -0.2) is 8.42 Å². The van der Waals surface area contributed by atoms with Crippen molar-refractivity contribution in [2.24, 2.45) is 23.7 Å². The fourth-order valence-electron chi connectivity index (χ4n) is 9.30. The molecule has 4 N–H and O–H groups in total. The second-order valence-corrected chi connectivity index (χ2v) is 19.1. The number of hydrogen-bond acceptors (Lipinski definition) is 14. The lowest BCUT2D eigenvalue weighted by atomic mass is 9.76. The highest BCUT2D eigenvalue weighted by atomic mass is 32.2. The van der Waals surface area contributed by atoms with Gasteiger partial charge in [0.25, 0.3) is 0 Å². The first-order valence-corrected chi connectivity index (χ1v) is 20.9. The lowest BCUT2D eigenvalue weighted by molar-refractivity contribution is -0.317. The Kier molecular flexibility index (Phi) is 13.9. The fourth-order valence-corrected chi connectivity index (χ4v) is 10.00. The lowest BCUT2D eigenvalue weighted by Crippen LogP contribution is -2.60. The number of rotatable bonds is 10. The van der Waals surface area contributed by atoms with Crippen LogP contribution >= 0.6 is 0 Å². The predicted octanol–water partition coefficient (Wildman–Crippen LogP) is 1.95. The molecule has 15 nitrogen and oxygen atoms in total. The molecule has 0 aromatic heterocycles. The summed E-state index contributed by atoms with van der Waals surface area (Å²) in [6, 6.07) is -0.843. The SMILES string of the molecule is CC[C@@H](O)[C@@](C)(O)[C@@H]1OC(=O)[C@H](C)[C@@H](O[C@H]2CC(C)(OC)[C@@H](O)C(C)O2)[C@H](C)[C@@H](O[C@@H]2OC(C)CC(N(C)S(C)(=O)=O)C2O)[C@@]2(C)CC(C)C(O2)[C@@H]1C. The van der Waals surface area contributed by atoms with Crippen LogP contribution in [0.5, 0.6) is 0 Å². The molecule has 7 unspecified atom stereocenters. The van der Waals surface area contributed by atoms with Crippen LogP contribution in [0.1, 0.15) is 94.9 Å². The van der Waals surface area contributed by atoms with Gasteiger partial charge in [-0.3, -0.25) is 4.79 Å². The molecule has 4 rings (SSSR count). The second kappa shape index (κ2) is 16.5. The number of carbonyl (C=O) groups excluding carboxylic acids is 1. The van der Waals surface area contributed by atoms with Crippen molar-refractivity contribution in [2.45, 2.75) is 185 Å². The molecule has 4 heterocycles. The number of cyclic esters (lactones) is 1. The van der Waals surface area contributed by atoms with Gasteiger partial charge in [-0.15, -0.1) is 0 Å². The highest BCUT2D eigenvalue weighted by Gasteiger charge is 2.59. The molecule has 0 aromatic carbocycles. The van der Waals surface area contributed by atoms with Crippen molar-refractivity contribution in [1.82, 2.24) is 4.31 Å². The Morgan fingerprint density at radius 3 is 2.23 bits per heavy atom. The Morgan fingerprint density at radius 1 is 1.04 bits per heavy atom. The van der Waals surface area contributed by atoms with E-state index in [-0.39, 0.29) is 25.2 Å². The summed E-state index contributed by atoms with van der Waals surface area (Å²) in [5.41, 5.74) is -3.97. The van der Waals surface area contributed by atoms with Gasteiger partial charge in [0.15, 0.2) is 12.6 Å². The first kappa shape index (κ1) is 44.7. The molecule has 16 heteroatoms. The third-order valence-corrected chi connectivity index (χ3v) is 14.0. The molecule has 19 atom stereocenters. The van der Waals surface area contributed by atoms with Crippen LogP contribution in [0.3, 0.4) is 0 Å². The molecule has 4 aliphatic rings. The van der Waals surface area contributed by atoms with Crippen LogP contribution in [0.25, 0.3) is 0 Å². The standard InChI is InChI=1S/C37H67NO14S/c1-14-25(39)37(10,43)32-20(4)28-18(2)16-36(9,52-28)31(51-34-27(40)24(15-19(3)47-34)38(11)53(13,44)45)21(5)29(22(6)33(42)50-32)49-26-17-35(8,46-12)30(41)23(7)48-26/h18-32,34,39-41,43H,14-17H2,1-13H3/t18?,19?,20-,21-,22+,23?,24?,25+,26-,27?,28?,29-,30-,31+,32+,34-,35?,36+,37+/m0/s1. The molecule has 53 heavy (non-hydrogen) atoms. The molecule has 0 aliphatic carbocycles. The van der Waals surface area contributed by atoms with Crippen LogP contribution in [0.15, 0.2) is 0 Å². The number of esters is 1. The molecule has 0 saturated carbocycles. The van der Waals surface area contributed by atoms with Gasteiger partial charge in [0.1, 0.15) is 23.9 Å². The highest BCUT2D eigenvalue weighted by Crippen LogP contribution is 2.48. The largest absolute Gasteiger partial charge is 0.459 e. The quantitative estimate of drug-likeness (QED) is 0.235. The van der Waals surface area contributed by atoms with Crippen LogP contribution in [0.2, 0.25) is 0 Å². The van der Waals surface area contributed by atoms with Crippen LogP contribution in [-0.2, 0) is 48.0 Å². The maximum atomic E-state index is 14.3. The first-order valence-electron chi connectivity index (χ1n) is 19.1. The number of nitrogens with zero attached hydrogens (tertiary/aromatic N) is 1. The first-order chi connectivity index (χ1) is 24.3. The van der Waals surface area contributed by atoms with Gasteiger partial charge in [0.2, 0.25) is 10.0 Å². The number of aliphatic hydroxyl groups excluding tert-OH is 3. The van der Waals surface area contributed by atoms with Gasteiger partial charge in [0.05, 0.1) is 66.0 Å². The fraction of sp³-hybridized carbons (Fsp3) is 0.973. The van der Waals surface area contributed by atoms with Crippen molar-refractivity contribution in [3.05, 3.63) is 0 Å². The normalized spacial score (nSPS) is 47.7. The summed E-state index contributed by atoms with van der Waals surface area (Å²) in [5, 5.41) is 45.4. The van der Waals surface area contributed by atoms with Gasteiger partial charge >= 0.3 is 5.97 Å². The van der Waals surface area contributed by atoms with Gasteiger partial charge in [-0.2, -0.15) is 4.31 Å². The Labute approximate surface area is 316 Å². The molecular formula is C37H67NO14S. The summed E-state index contributed by atoms with van der Waals surface area (Å²) >= 11 is 0. The molecule has 2 bridgehead atoms. The number of likely N-dealkylation sites (N-methyl/N-ethyl adjacent to an activating group) is 1. The van der Waals surface area contributed by atoms with Crippen molar-refractivity contribution >= 4 is 16.0 Å². The molecule has 0 spiro atoms. The van der Waals surface area contributed by atoms with E-state index in [1.54, 1.807) is 34.6 Å². The minimum atomic E-state index is -3.68. The van der Waals surface area contributed by atoms with Crippen molar-refractivity contribution in [3.8, 4) is 0 Å². The number of aliphatic hydroxyl groups is 4. The average molecular weight is 782 g/mol. The Morgan fingerprint density at radius 2 is 1.66 bits per heavy atom. The number of ether oxygens (including phenoxy) is 7. The monoisotopic (exact) mass is 781 g/mol. The second-order valence-electron chi connectivity index (χ2n) is 17.1. The molecule has 4 saturated heterocycles. The van der Waals surface area contributed by atoms with Gasteiger partial charge in [0, 0.05) is 32.4 Å². The lowest BCUT2D eigenvalue weighted by Gasteiger charge is -2.48. The summed E-state index contributed by atoms with van der Waals surface area (Å²) in [6.07, 6.45) is -8.52. The molecule has 0 aromatic rings. The van der Waals surface area contributed by atoms with Gasteiger partial charge in [-0.1, -0.05) is 27.7 Å². The average Bonchev–Trinajstić information content (AvgIpc) is 3.39. The van der Waals surface area contributed by atoms with E-state index in [1.807, 2.05) is 27.7 Å². The third kappa shape index (κ3) is 8.94. The summed E-state index contributed by atoms with van der Waals surface area (Å²) in [4.78, 5) is 14.3. The summed E-state index contributed by atoms with van der Waals surface area (Å²) in [6.45, 7) is 17.6. The van der Waals surface area contributed by atoms with Crippen molar-refractivity contribution in [1.29, 1.82) is 0 Å². The van der Waals surface area contributed by atoms with E-state index in [0.29, 0.717) is 6.42 Å². The zero-order valence-electron chi connectivity index (χ0n) is 33.8. The molecule has 4 fully saturated rings. The van der Waals surface area contributed by atoms with E-state index in [1.165, 1.54) is 21.1 Å². The van der Waals surface area contributed by atoms with E-state index in [4.69, 9.17) is 33.2 Å². The van der Waals surface area contributed by atoms with Crippen LogP contribution < -0.4 is 0 Å². The number of carbonyl (C=O) groups is 1. The highest BCUT2D eigenvalue weighted by molar-refractivity contribution is 7.88. The predicted molar refractivity (Wildman–Crippen MR) is 193 cm³/mol. The Bertz CT molecular complexity index is 1370. The van der Waals surface area contributed by atoms with E-state index in [0.717, 1.165) is 10.6 Å². The molecular weight excluding hydrogens is 714 g/mol. The van der Waals surface area contributed by atoms with Crippen molar-refractivity contribution in [3.63, 3.8) is 0 Å². The van der Waals surface area contributed by atoms with E-state index in [2.05, 4.69) is 0 Å². The maximum Gasteiger partial charge on any atom is 0.311 e. The number of methoxy groups -OCH3 is 1. The summed E-state index contributed by atoms with van der Waals surface area (Å²) in [7, 11) is -0.772. The van der Waals surface area contributed by atoms with Crippen LogP contribution in [0.4, 0.5) is 0 Å². The van der Waals surface area contributed by atoms with Gasteiger partial charge in [-0.05, 0) is 66.7 Å².